The summed E-state index contributed by atoms with van der Waals surface area (Å²) >= 11 is 1.87. The molecule has 0 saturated heterocycles. The maximum atomic E-state index is 11.0. The van der Waals surface area contributed by atoms with Crippen molar-refractivity contribution in [1.82, 2.24) is 5.32 Å². The molecule has 0 saturated carbocycles. The van der Waals surface area contributed by atoms with Crippen LogP contribution in [0.4, 0.5) is 0 Å². The molecule has 108 valence electrons. The van der Waals surface area contributed by atoms with Gasteiger partial charge in [0.1, 0.15) is 0 Å². The lowest BCUT2D eigenvalue weighted by Crippen LogP contribution is -2.18. The summed E-state index contributed by atoms with van der Waals surface area (Å²) in [6.07, 6.45) is 4.54. The van der Waals surface area contributed by atoms with Crippen LogP contribution in [0.25, 0.3) is 0 Å². The molecule has 0 aliphatic heterocycles. The second-order valence-corrected chi connectivity index (χ2v) is 5.28. The molecular weight excluding hydrogens is 250 g/mol. The van der Waals surface area contributed by atoms with Gasteiger partial charge in [-0.3, -0.25) is 4.79 Å². The number of nitrogens with one attached hydrogen (secondary N) is 1. The summed E-state index contributed by atoms with van der Waals surface area (Å²) in [5, 5.41) is 12.0. The van der Waals surface area contributed by atoms with Crippen LogP contribution in [0.5, 0.6) is 0 Å². The molecule has 0 radical (unpaired) electrons. The van der Waals surface area contributed by atoms with Gasteiger partial charge in [-0.15, -0.1) is 0 Å². The van der Waals surface area contributed by atoms with Gasteiger partial charge < -0.3 is 15.2 Å². The smallest absolute Gasteiger partial charge is 0.305 e. The van der Waals surface area contributed by atoms with Gasteiger partial charge in [-0.25, -0.2) is 0 Å². The van der Waals surface area contributed by atoms with E-state index in [1.807, 2.05) is 18.7 Å². The van der Waals surface area contributed by atoms with Crippen molar-refractivity contribution in [1.29, 1.82) is 0 Å². The third kappa shape index (κ3) is 13.8. The number of thioether (sulfide) groups is 1. The first-order valence-corrected chi connectivity index (χ1v) is 8.01. The van der Waals surface area contributed by atoms with Gasteiger partial charge in [-0.2, -0.15) is 11.8 Å². The highest BCUT2D eigenvalue weighted by Gasteiger charge is 2.00. The summed E-state index contributed by atoms with van der Waals surface area (Å²) in [5.74, 6) is 2.06. The largest absolute Gasteiger partial charge is 0.466 e. The third-order valence-corrected chi connectivity index (χ3v) is 3.48. The number of rotatable bonds is 13. The van der Waals surface area contributed by atoms with Crippen molar-refractivity contribution in [2.75, 3.05) is 37.8 Å². The number of esters is 1. The zero-order valence-corrected chi connectivity index (χ0v) is 12.3. The Morgan fingerprint density at radius 3 is 2.72 bits per heavy atom. The van der Waals surface area contributed by atoms with Gasteiger partial charge >= 0.3 is 5.97 Å². The van der Waals surface area contributed by atoms with E-state index in [2.05, 4.69) is 5.32 Å². The summed E-state index contributed by atoms with van der Waals surface area (Å²) < 4.78 is 4.86. The predicted octanol–water partition coefficient (Wildman–Crippen LogP) is 1.82. The van der Waals surface area contributed by atoms with Crippen molar-refractivity contribution in [2.24, 2.45) is 0 Å². The predicted molar refractivity (Wildman–Crippen MR) is 77.0 cm³/mol. The van der Waals surface area contributed by atoms with Crippen molar-refractivity contribution in [3.8, 4) is 0 Å². The number of carbonyl (C=O) groups excluding carboxylic acids is 1. The first-order chi connectivity index (χ1) is 8.81. The van der Waals surface area contributed by atoms with Crippen LogP contribution in [0.3, 0.4) is 0 Å². The molecule has 0 bridgehead atoms. The summed E-state index contributed by atoms with van der Waals surface area (Å²) in [7, 11) is 0. The molecule has 4 nitrogen and oxygen atoms in total. The van der Waals surface area contributed by atoms with E-state index in [1.165, 1.54) is 0 Å². The molecule has 0 aromatic carbocycles. The maximum Gasteiger partial charge on any atom is 0.305 e. The maximum absolute atomic E-state index is 11.0. The second-order valence-electron chi connectivity index (χ2n) is 4.06. The lowest BCUT2D eigenvalue weighted by atomic mass is 10.2. The van der Waals surface area contributed by atoms with Gasteiger partial charge in [0.25, 0.3) is 0 Å². The number of carbonyl (C=O) groups is 1. The van der Waals surface area contributed by atoms with E-state index in [9.17, 15) is 4.79 Å². The van der Waals surface area contributed by atoms with Crippen molar-refractivity contribution in [3.05, 3.63) is 0 Å². The minimum Gasteiger partial charge on any atom is -0.466 e. The van der Waals surface area contributed by atoms with Crippen molar-refractivity contribution in [2.45, 2.75) is 39.0 Å². The fraction of sp³-hybridized carbons (Fsp3) is 0.923. The normalized spacial score (nSPS) is 10.6. The number of hydrogen-bond donors (Lipinski definition) is 2. The molecule has 0 aromatic heterocycles. The molecule has 5 heteroatoms. The fourth-order valence-corrected chi connectivity index (χ4v) is 2.29. The SMILES string of the molecule is CCOC(=O)CCCCCNCCSCCCO. The molecule has 0 atom stereocenters. The summed E-state index contributed by atoms with van der Waals surface area (Å²) in [5.41, 5.74) is 0. The fourth-order valence-electron chi connectivity index (χ4n) is 1.47. The van der Waals surface area contributed by atoms with Crippen LogP contribution in [0, 0.1) is 0 Å². The highest BCUT2D eigenvalue weighted by Crippen LogP contribution is 2.02. The molecule has 0 amide bonds. The highest BCUT2D eigenvalue weighted by atomic mass is 32.2. The Bertz CT molecular complexity index is 191. The molecular formula is C13H27NO3S. The Labute approximate surface area is 115 Å². The van der Waals surface area contributed by atoms with Crippen LogP contribution >= 0.6 is 11.8 Å². The molecule has 2 N–H and O–H groups in total. The van der Waals surface area contributed by atoms with Gasteiger partial charge in [0, 0.05) is 25.3 Å². The van der Waals surface area contributed by atoms with Crippen molar-refractivity contribution in [3.63, 3.8) is 0 Å². The average Bonchev–Trinajstić information content (AvgIpc) is 2.36. The molecule has 0 unspecified atom stereocenters. The van der Waals surface area contributed by atoms with Gasteiger partial charge in [-0.05, 0) is 38.5 Å². The Kier molecular flexibility index (Phi) is 14.6. The quantitative estimate of drug-likeness (QED) is 0.397. The summed E-state index contributed by atoms with van der Waals surface area (Å²) in [6, 6.07) is 0. The molecule has 0 aromatic rings. The zero-order valence-electron chi connectivity index (χ0n) is 11.5. The van der Waals surface area contributed by atoms with E-state index in [-0.39, 0.29) is 5.97 Å². The Hall–Kier alpha value is -0.260. The first kappa shape index (κ1) is 17.7. The molecule has 0 rings (SSSR count). The van der Waals surface area contributed by atoms with E-state index in [0.29, 0.717) is 19.6 Å². The Balaban J connectivity index is 3.01. The van der Waals surface area contributed by atoms with Gasteiger partial charge in [0.05, 0.1) is 6.61 Å². The molecule has 0 fully saturated rings. The second kappa shape index (κ2) is 14.8. The lowest BCUT2D eigenvalue weighted by Gasteiger charge is -2.04. The molecule has 0 heterocycles. The highest BCUT2D eigenvalue weighted by molar-refractivity contribution is 7.99. The minimum absolute atomic E-state index is 0.0780. The van der Waals surface area contributed by atoms with Crippen molar-refractivity contribution < 1.29 is 14.6 Å². The van der Waals surface area contributed by atoms with Gasteiger partial charge in [0.15, 0.2) is 0 Å². The van der Waals surface area contributed by atoms with Gasteiger partial charge in [0.2, 0.25) is 0 Å². The number of aliphatic hydroxyl groups is 1. The van der Waals surface area contributed by atoms with Gasteiger partial charge in [-0.1, -0.05) is 6.42 Å². The number of aliphatic hydroxyl groups excluding tert-OH is 1. The van der Waals surface area contributed by atoms with Crippen molar-refractivity contribution >= 4 is 17.7 Å². The average molecular weight is 277 g/mol. The van der Waals surface area contributed by atoms with E-state index < -0.39 is 0 Å². The molecule has 18 heavy (non-hydrogen) atoms. The van der Waals surface area contributed by atoms with E-state index in [0.717, 1.165) is 50.3 Å². The number of hydrogen-bond acceptors (Lipinski definition) is 5. The standard InChI is InChI=1S/C13H27NO3S/c1-2-17-13(16)7-4-3-5-8-14-9-12-18-11-6-10-15/h14-15H,2-12H2,1H3. The monoisotopic (exact) mass is 277 g/mol. The van der Waals surface area contributed by atoms with E-state index in [4.69, 9.17) is 9.84 Å². The van der Waals surface area contributed by atoms with E-state index in [1.54, 1.807) is 0 Å². The first-order valence-electron chi connectivity index (χ1n) is 6.86. The topological polar surface area (TPSA) is 58.6 Å². The lowest BCUT2D eigenvalue weighted by molar-refractivity contribution is -0.143. The zero-order chi connectivity index (χ0) is 13.5. The number of unbranched alkanes of at least 4 members (excludes halogenated alkanes) is 2. The van der Waals surface area contributed by atoms with Crippen LogP contribution in [0.1, 0.15) is 39.0 Å². The third-order valence-electron chi connectivity index (χ3n) is 2.41. The molecule has 0 aliphatic rings. The summed E-state index contributed by atoms with van der Waals surface area (Å²) in [4.78, 5) is 11.0. The van der Waals surface area contributed by atoms with Crippen LogP contribution in [0.2, 0.25) is 0 Å². The Morgan fingerprint density at radius 2 is 2.00 bits per heavy atom. The Morgan fingerprint density at radius 1 is 1.17 bits per heavy atom. The van der Waals surface area contributed by atoms with E-state index >= 15 is 0 Å². The van der Waals surface area contributed by atoms with Crippen LogP contribution in [-0.2, 0) is 9.53 Å². The van der Waals surface area contributed by atoms with Crippen LogP contribution in [-0.4, -0.2) is 48.9 Å². The minimum atomic E-state index is -0.0780. The molecule has 0 aliphatic carbocycles. The molecule has 0 spiro atoms. The van der Waals surface area contributed by atoms with Crippen LogP contribution < -0.4 is 5.32 Å². The van der Waals surface area contributed by atoms with Crippen LogP contribution in [0.15, 0.2) is 0 Å². The number of ether oxygens (including phenoxy) is 1. The summed E-state index contributed by atoms with van der Waals surface area (Å²) in [6.45, 7) is 4.65.